The minimum absolute atomic E-state index is 0.262. The van der Waals surface area contributed by atoms with Crippen molar-refractivity contribution in [2.24, 2.45) is 11.8 Å². The highest BCUT2D eigenvalue weighted by Crippen LogP contribution is 2.20. The summed E-state index contributed by atoms with van der Waals surface area (Å²) in [7, 11) is -3.47. The number of sulfonamides is 1. The highest BCUT2D eigenvalue weighted by atomic mass is 32.2. The van der Waals surface area contributed by atoms with E-state index in [0.717, 1.165) is 0 Å². The first-order valence-electron chi connectivity index (χ1n) is 6.10. The molecule has 0 saturated heterocycles. The first-order chi connectivity index (χ1) is 8.25. The summed E-state index contributed by atoms with van der Waals surface area (Å²) in [6.07, 6.45) is 0. The molecule has 18 heavy (non-hydrogen) atoms. The normalized spacial score (nSPS) is 13.8. The maximum atomic E-state index is 12.2. The average Bonchev–Trinajstić information content (AvgIpc) is 2.29. The van der Waals surface area contributed by atoms with Gasteiger partial charge < -0.3 is 5.73 Å². The Kier molecular flexibility index (Phi) is 4.76. The molecular weight excluding hydrogens is 248 g/mol. The molecule has 1 aromatic carbocycles. The summed E-state index contributed by atoms with van der Waals surface area (Å²) in [6, 6.07) is 4.93. The van der Waals surface area contributed by atoms with Crippen LogP contribution in [0.2, 0.25) is 0 Å². The molecule has 0 aliphatic heterocycles. The predicted molar refractivity (Wildman–Crippen MR) is 74.8 cm³/mol. The monoisotopic (exact) mass is 270 g/mol. The van der Waals surface area contributed by atoms with Crippen LogP contribution >= 0.6 is 0 Å². The van der Waals surface area contributed by atoms with E-state index < -0.39 is 10.0 Å². The van der Waals surface area contributed by atoms with E-state index in [9.17, 15) is 8.42 Å². The molecule has 1 atom stereocenters. The molecule has 0 amide bonds. The van der Waals surface area contributed by atoms with Crippen LogP contribution in [0.1, 0.15) is 26.3 Å². The number of nitrogen functional groups attached to an aromatic ring is 1. The van der Waals surface area contributed by atoms with Crippen LogP contribution in [-0.4, -0.2) is 15.0 Å². The standard InChI is InChI=1S/C13H22N2O2S/c1-9(2)10(3)8-15-18(16,17)13-7-5-6-12(14)11(13)4/h5-7,9-10,15H,8,14H2,1-4H3. The Hall–Kier alpha value is -1.07. The van der Waals surface area contributed by atoms with Gasteiger partial charge in [0, 0.05) is 12.2 Å². The van der Waals surface area contributed by atoms with Gasteiger partial charge in [-0.15, -0.1) is 0 Å². The van der Waals surface area contributed by atoms with Gasteiger partial charge in [0.2, 0.25) is 10.0 Å². The third-order valence-electron chi connectivity index (χ3n) is 3.35. The zero-order valence-electron chi connectivity index (χ0n) is 11.4. The number of nitrogens with one attached hydrogen (secondary N) is 1. The van der Waals surface area contributed by atoms with Crippen molar-refractivity contribution in [2.75, 3.05) is 12.3 Å². The Morgan fingerprint density at radius 1 is 1.28 bits per heavy atom. The maximum Gasteiger partial charge on any atom is 0.240 e. The summed E-state index contributed by atoms with van der Waals surface area (Å²) >= 11 is 0. The zero-order chi connectivity index (χ0) is 13.9. The molecule has 1 rings (SSSR count). The number of hydrogen-bond donors (Lipinski definition) is 2. The van der Waals surface area contributed by atoms with Gasteiger partial charge >= 0.3 is 0 Å². The third-order valence-corrected chi connectivity index (χ3v) is 4.92. The summed E-state index contributed by atoms with van der Waals surface area (Å²) in [5.74, 6) is 0.732. The number of hydrogen-bond acceptors (Lipinski definition) is 3. The van der Waals surface area contributed by atoms with Crippen molar-refractivity contribution in [3.8, 4) is 0 Å². The van der Waals surface area contributed by atoms with E-state index in [0.29, 0.717) is 29.6 Å². The van der Waals surface area contributed by atoms with Crippen LogP contribution in [0.4, 0.5) is 5.69 Å². The van der Waals surface area contributed by atoms with Crippen molar-refractivity contribution >= 4 is 15.7 Å². The minimum Gasteiger partial charge on any atom is -0.398 e. The minimum atomic E-state index is -3.47. The fourth-order valence-corrected chi connectivity index (χ4v) is 2.89. The van der Waals surface area contributed by atoms with Gasteiger partial charge in [-0.1, -0.05) is 26.8 Å². The van der Waals surface area contributed by atoms with Gasteiger partial charge in [-0.3, -0.25) is 0 Å². The van der Waals surface area contributed by atoms with Crippen molar-refractivity contribution in [1.82, 2.24) is 4.72 Å². The number of nitrogens with two attached hydrogens (primary N) is 1. The zero-order valence-corrected chi connectivity index (χ0v) is 12.2. The Morgan fingerprint density at radius 3 is 2.44 bits per heavy atom. The second-order valence-electron chi connectivity index (χ2n) is 5.04. The first-order valence-corrected chi connectivity index (χ1v) is 7.58. The lowest BCUT2D eigenvalue weighted by molar-refractivity contribution is 0.414. The topological polar surface area (TPSA) is 72.2 Å². The van der Waals surface area contributed by atoms with Gasteiger partial charge in [-0.25, -0.2) is 13.1 Å². The summed E-state index contributed by atoms with van der Waals surface area (Å²) in [4.78, 5) is 0.262. The van der Waals surface area contributed by atoms with Crippen LogP contribution < -0.4 is 10.5 Å². The Labute approximate surface area is 110 Å². The fourth-order valence-electron chi connectivity index (χ4n) is 1.48. The van der Waals surface area contributed by atoms with E-state index >= 15 is 0 Å². The molecule has 102 valence electrons. The van der Waals surface area contributed by atoms with Crippen LogP contribution in [0.15, 0.2) is 23.1 Å². The van der Waals surface area contributed by atoms with Gasteiger partial charge in [0.05, 0.1) is 4.90 Å². The molecule has 5 heteroatoms. The third kappa shape index (κ3) is 3.46. The summed E-state index contributed by atoms with van der Waals surface area (Å²) in [5, 5.41) is 0. The predicted octanol–water partition coefficient (Wildman–Crippen LogP) is 2.15. The molecule has 0 bridgehead atoms. The molecular formula is C13H22N2O2S. The highest BCUT2D eigenvalue weighted by molar-refractivity contribution is 7.89. The highest BCUT2D eigenvalue weighted by Gasteiger charge is 2.19. The van der Waals surface area contributed by atoms with Crippen LogP contribution in [0.25, 0.3) is 0 Å². The Balaban J connectivity index is 2.91. The van der Waals surface area contributed by atoms with E-state index in [1.165, 1.54) is 0 Å². The summed E-state index contributed by atoms with van der Waals surface area (Å²) < 4.78 is 27.0. The average molecular weight is 270 g/mol. The van der Waals surface area contributed by atoms with Crippen molar-refractivity contribution in [2.45, 2.75) is 32.6 Å². The maximum absolute atomic E-state index is 12.2. The summed E-state index contributed by atoms with van der Waals surface area (Å²) in [5.41, 5.74) is 6.82. The summed E-state index contributed by atoms with van der Waals surface area (Å²) in [6.45, 7) is 8.33. The molecule has 4 nitrogen and oxygen atoms in total. The van der Waals surface area contributed by atoms with Gasteiger partial charge in [0.25, 0.3) is 0 Å². The lowest BCUT2D eigenvalue weighted by atomic mass is 9.99. The van der Waals surface area contributed by atoms with Gasteiger partial charge in [-0.05, 0) is 36.5 Å². The van der Waals surface area contributed by atoms with Crippen LogP contribution in [-0.2, 0) is 10.0 Å². The molecule has 1 unspecified atom stereocenters. The molecule has 0 radical (unpaired) electrons. The smallest absolute Gasteiger partial charge is 0.240 e. The fraction of sp³-hybridized carbons (Fsp3) is 0.538. The number of anilines is 1. The molecule has 0 aromatic heterocycles. The molecule has 1 aromatic rings. The van der Waals surface area contributed by atoms with Crippen molar-refractivity contribution in [3.05, 3.63) is 23.8 Å². The molecule has 0 fully saturated rings. The first kappa shape index (κ1) is 15.0. The van der Waals surface area contributed by atoms with Gasteiger partial charge in [0.15, 0.2) is 0 Å². The molecule has 0 heterocycles. The molecule has 3 N–H and O–H groups in total. The molecule has 0 saturated carbocycles. The second-order valence-corrected chi connectivity index (χ2v) is 6.78. The lowest BCUT2D eigenvalue weighted by Crippen LogP contribution is -2.30. The van der Waals surface area contributed by atoms with Gasteiger partial charge in [0.1, 0.15) is 0 Å². The SMILES string of the molecule is Cc1c(N)cccc1S(=O)(=O)NCC(C)C(C)C. The largest absolute Gasteiger partial charge is 0.398 e. The van der Waals surface area contributed by atoms with Crippen LogP contribution in [0.3, 0.4) is 0 Å². The van der Waals surface area contributed by atoms with E-state index in [1.54, 1.807) is 25.1 Å². The van der Waals surface area contributed by atoms with Crippen molar-refractivity contribution < 1.29 is 8.42 Å². The Bertz CT molecular complexity index is 510. The van der Waals surface area contributed by atoms with E-state index in [-0.39, 0.29) is 4.90 Å². The number of benzene rings is 1. The molecule has 0 spiro atoms. The van der Waals surface area contributed by atoms with E-state index in [4.69, 9.17) is 5.73 Å². The van der Waals surface area contributed by atoms with Crippen molar-refractivity contribution in [3.63, 3.8) is 0 Å². The van der Waals surface area contributed by atoms with E-state index in [1.807, 2.05) is 6.92 Å². The quantitative estimate of drug-likeness (QED) is 0.805. The van der Waals surface area contributed by atoms with Crippen LogP contribution in [0, 0.1) is 18.8 Å². The Morgan fingerprint density at radius 2 is 1.89 bits per heavy atom. The number of rotatable bonds is 5. The molecule has 0 aliphatic rings. The van der Waals surface area contributed by atoms with Crippen LogP contribution in [0.5, 0.6) is 0 Å². The lowest BCUT2D eigenvalue weighted by Gasteiger charge is -2.17. The van der Waals surface area contributed by atoms with Crippen molar-refractivity contribution in [1.29, 1.82) is 0 Å². The second kappa shape index (κ2) is 5.71. The van der Waals surface area contributed by atoms with E-state index in [2.05, 4.69) is 18.6 Å². The molecule has 0 aliphatic carbocycles. The van der Waals surface area contributed by atoms with Gasteiger partial charge in [-0.2, -0.15) is 0 Å².